The molecule has 1 nitrogen and oxygen atoms in total. The van der Waals surface area contributed by atoms with Gasteiger partial charge in [-0.1, -0.05) is 69.3 Å². The Morgan fingerprint density at radius 3 is 2.33 bits per heavy atom. The van der Waals surface area contributed by atoms with Crippen molar-refractivity contribution in [2.45, 2.75) is 26.2 Å². The number of aldehydes is 1. The second-order valence-corrected chi connectivity index (χ2v) is 5.54. The third-order valence-corrected chi connectivity index (χ3v) is 3.13. The fourth-order valence-electron chi connectivity index (χ4n) is 2.02. The minimum Gasteiger partial charge on any atom is -0.298 e. The van der Waals surface area contributed by atoms with Crippen molar-refractivity contribution in [3.8, 4) is 11.1 Å². The highest BCUT2D eigenvalue weighted by Crippen LogP contribution is 2.28. The molecule has 1 heteroatoms. The van der Waals surface area contributed by atoms with Gasteiger partial charge in [-0.15, -0.1) is 0 Å². The van der Waals surface area contributed by atoms with E-state index >= 15 is 0 Å². The van der Waals surface area contributed by atoms with Crippen molar-refractivity contribution in [1.82, 2.24) is 0 Å². The van der Waals surface area contributed by atoms with Crippen LogP contribution in [0.3, 0.4) is 0 Å². The molecule has 2 rings (SSSR count). The quantitative estimate of drug-likeness (QED) is 0.706. The summed E-state index contributed by atoms with van der Waals surface area (Å²) < 4.78 is 0. The Bertz CT molecular complexity index is 562. The Morgan fingerprint density at radius 2 is 1.67 bits per heavy atom. The summed E-state index contributed by atoms with van der Waals surface area (Å²) in [6.45, 7) is 6.58. The van der Waals surface area contributed by atoms with Gasteiger partial charge in [0.25, 0.3) is 0 Å². The van der Waals surface area contributed by atoms with Crippen molar-refractivity contribution in [3.05, 3.63) is 59.7 Å². The molecule has 18 heavy (non-hydrogen) atoms. The summed E-state index contributed by atoms with van der Waals surface area (Å²) in [5.41, 5.74) is 4.24. The van der Waals surface area contributed by atoms with Gasteiger partial charge in [0.2, 0.25) is 0 Å². The Morgan fingerprint density at radius 1 is 0.944 bits per heavy atom. The first-order chi connectivity index (χ1) is 8.52. The van der Waals surface area contributed by atoms with Crippen LogP contribution in [-0.4, -0.2) is 6.29 Å². The number of hydrogen-bond donors (Lipinski definition) is 0. The van der Waals surface area contributed by atoms with Gasteiger partial charge in [-0.05, 0) is 22.1 Å². The third kappa shape index (κ3) is 2.51. The van der Waals surface area contributed by atoms with E-state index in [2.05, 4.69) is 45.0 Å². The fraction of sp³-hybridized carbons (Fsp3) is 0.235. The van der Waals surface area contributed by atoms with Crippen LogP contribution in [0.25, 0.3) is 11.1 Å². The van der Waals surface area contributed by atoms with Crippen LogP contribution < -0.4 is 0 Å². The van der Waals surface area contributed by atoms with Gasteiger partial charge >= 0.3 is 0 Å². The maximum Gasteiger partial charge on any atom is 0.150 e. The van der Waals surface area contributed by atoms with Crippen LogP contribution in [0.15, 0.2) is 48.5 Å². The number of hydrogen-bond acceptors (Lipinski definition) is 1. The van der Waals surface area contributed by atoms with Crippen LogP contribution >= 0.6 is 0 Å². The van der Waals surface area contributed by atoms with Crippen molar-refractivity contribution >= 4 is 6.29 Å². The normalized spacial score (nSPS) is 11.3. The van der Waals surface area contributed by atoms with Gasteiger partial charge in [0.1, 0.15) is 0 Å². The average Bonchev–Trinajstić information content (AvgIpc) is 2.38. The second-order valence-electron chi connectivity index (χ2n) is 5.54. The van der Waals surface area contributed by atoms with E-state index in [4.69, 9.17) is 0 Å². The largest absolute Gasteiger partial charge is 0.298 e. The highest BCUT2D eigenvalue weighted by atomic mass is 16.1. The molecule has 0 saturated carbocycles. The predicted molar refractivity (Wildman–Crippen MR) is 76.0 cm³/mol. The first-order valence-electron chi connectivity index (χ1n) is 6.17. The van der Waals surface area contributed by atoms with E-state index in [-0.39, 0.29) is 5.41 Å². The first kappa shape index (κ1) is 12.6. The van der Waals surface area contributed by atoms with Gasteiger partial charge in [-0.3, -0.25) is 4.79 Å². The molecule has 0 aliphatic heterocycles. The molecule has 92 valence electrons. The van der Waals surface area contributed by atoms with Gasteiger partial charge < -0.3 is 0 Å². The van der Waals surface area contributed by atoms with Gasteiger partial charge in [0, 0.05) is 5.56 Å². The van der Waals surface area contributed by atoms with Gasteiger partial charge in [0.05, 0.1) is 0 Å². The number of rotatable bonds is 2. The lowest BCUT2D eigenvalue weighted by Crippen LogP contribution is -2.10. The molecule has 0 aliphatic carbocycles. The Kier molecular flexibility index (Phi) is 3.33. The van der Waals surface area contributed by atoms with Gasteiger partial charge in [-0.25, -0.2) is 0 Å². The van der Waals surface area contributed by atoms with Crippen molar-refractivity contribution in [3.63, 3.8) is 0 Å². The van der Waals surface area contributed by atoms with Crippen LogP contribution in [0.2, 0.25) is 0 Å². The summed E-state index contributed by atoms with van der Waals surface area (Å²) >= 11 is 0. The standard InChI is InChI=1S/C17H18O/c1-17(2,3)15-9-6-8-13(11-15)16-10-5-4-7-14(16)12-18/h4-12H,1-3H3. The predicted octanol–water partition coefficient (Wildman–Crippen LogP) is 4.46. The summed E-state index contributed by atoms with van der Waals surface area (Å²) in [5.74, 6) is 0. The third-order valence-electron chi connectivity index (χ3n) is 3.13. The summed E-state index contributed by atoms with van der Waals surface area (Å²) in [5, 5.41) is 0. The van der Waals surface area contributed by atoms with Crippen LogP contribution in [0.4, 0.5) is 0 Å². The monoisotopic (exact) mass is 238 g/mol. The van der Waals surface area contributed by atoms with Gasteiger partial charge in [0.15, 0.2) is 6.29 Å². The summed E-state index contributed by atoms with van der Waals surface area (Å²) in [6.07, 6.45) is 0.916. The topological polar surface area (TPSA) is 17.1 Å². The Balaban J connectivity index is 2.55. The molecule has 2 aromatic carbocycles. The molecule has 0 N–H and O–H groups in total. The van der Waals surface area contributed by atoms with E-state index in [1.165, 1.54) is 5.56 Å². The molecular weight excluding hydrogens is 220 g/mol. The number of carbonyl (C=O) groups is 1. The van der Waals surface area contributed by atoms with E-state index in [0.29, 0.717) is 0 Å². The molecule has 0 unspecified atom stereocenters. The molecule has 0 bridgehead atoms. The minimum absolute atomic E-state index is 0.117. The van der Waals surface area contributed by atoms with E-state index in [1.807, 2.05) is 24.3 Å². The van der Waals surface area contributed by atoms with Crippen LogP contribution in [0.1, 0.15) is 36.7 Å². The van der Waals surface area contributed by atoms with Crippen LogP contribution in [-0.2, 0) is 5.41 Å². The molecule has 0 atom stereocenters. The molecule has 0 radical (unpaired) electrons. The molecule has 0 spiro atoms. The van der Waals surface area contributed by atoms with Crippen molar-refractivity contribution < 1.29 is 4.79 Å². The van der Waals surface area contributed by atoms with Crippen molar-refractivity contribution in [2.24, 2.45) is 0 Å². The zero-order valence-electron chi connectivity index (χ0n) is 11.1. The SMILES string of the molecule is CC(C)(C)c1cccc(-c2ccccc2C=O)c1. The van der Waals surface area contributed by atoms with Crippen LogP contribution in [0.5, 0.6) is 0 Å². The van der Waals surface area contributed by atoms with Crippen molar-refractivity contribution in [2.75, 3.05) is 0 Å². The minimum atomic E-state index is 0.117. The van der Waals surface area contributed by atoms with Crippen molar-refractivity contribution in [1.29, 1.82) is 0 Å². The molecule has 0 heterocycles. The van der Waals surface area contributed by atoms with Crippen LogP contribution in [0, 0.1) is 0 Å². The first-order valence-corrected chi connectivity index (χ1v) is 6.17. The maximum atomic E-state index is 11.1. The molecule has 0 aromatic heterocycles. The molecular formula is C17H18O. The molecule has 0 saturated heterocycles. The number of benzene rings is 2. The van der Waals surface area contributed by atoms with E-state index in [0.717, 1.165) is 23.0 Å². The van der Waals surface area contributed by atoms with Gasteiger partial charge in [-0.2, -0.15) is 0 Å². The van der Waals surface area contributed by atoms with E-state index < -0.39 is 0 Å². The highest BCUT2D eigenvalue weighted by molar-refractivity contribution is 5.87. The summed E-state index contributed by atoms with van der Waals surface area (Å²) in [4.78, 5) is 11.1. The highest BCUT2D eigenvalue weighted by Gasteiger charge is 2.14. The lowest BCUT2D eigenvalue weighted by atomic mass is 9.85. The summed E-state index contributed by atoms with van der Waals surface area (Å²) in [7, 11) is 0. The van der Waals surface area contributed by atoms with E-state index in [1.54, 1.807) is 0 Å². The summed E-state index contributed by atoms with van der Waals surface area (Å²) in [6, 6.07) is 16.1. The molecule has 2 aromatic rings. The zero-order chi connectivity index (χ0) is 13.2. The Labute approximate surface area is 108 Å². The lowest BCUT2D eigenvalue weighted by Gasteiger charge is -2.20. The smallest absolute Gasteiger partial charge is 0.150 e. The zero-order valence-corrected chi connectivity index (χ0v) is 11.1. The fourth-order valence-corrected chi connectivity index (χ4v) is 2.02. The lowest BCUT2D eigenvalue weighted by molar-refractivity contribution is 0.112. The molecule has 0 fully saturated rings. The average molecular weight is 238 g/mol. The molecule has 0 amide bonds. The molecule has 0 aliphatic rings. The number of carbonyl (C=O) groups excluding carboxylic acids is 1. The van der Waals surface area contributed by atoms with E-state index in [9.17, 15) is 4.79 Å². The second kappa shape index (κ2) is 4.77. The Hall–Kier alpha value is -1.89. The maximum absolute atomic E-state index is 11.1.